The van der Waals surface area contributed by atoms with Crippen LogP contribution in [-0.2, 0) is 9.59 Å². The topological polar surface area (TPSA) is 118 Å². The van der Waals surface area contributed by atoms with Crippen molar-refractivity contribution >= 4 is 23.5 Å². The first-order chi connectivity index (χ1) is 12.0. The van der Waals surface area contributed by atoms with Crippen LogP contribution < -0.4 is 10.6 Å². The van der Waals surface area contributed by atoms with Gasteiger partial charge in [-0.25, -0.2) is 4.99 Å². The summed E-state index contributed by atoms with van der Waals surface area (Å²) in [4.78, 5) is 29.1. The van der Waals surface area contributed by atoms with Gasteiger partial charge in [0, 0.05) is 12.2 Å². The van der Waals surface area contributed by atoms with Gasteiger partial charge >= 0.3 is 5.97 Å². The molecule has 1 aliphatic heterocycles. The monoisotopic (exact) mass is 343 g/mol. The fourth-order valence-corrected chi connectivity index (χ4v) is 2.69. The summed E-state index contributed by atoms with van der Waals surface area (Å²) in [5.41, 5.74) is 1.78. The van der Waals surface area contributed by atoms with Gasteiger partial charge in [-0.1, -0.05) is 12.1 Å². The molecule has 1 atom stereocenters. The Morgan fingerprint density at radius 1 is 1.48 bits per heavy atom. The Hall–Kier alpha value is -3.08. The molecule has 1 heterocycles. The van der Waals surface area contributed by atoms with Crippen molar-refractivity contribution < 1.29 is 14.7 Å². The number of benzene rings is 1. The van der Waals surface area contributed by atoms with E-state index >= 15 is 0 Å². The SMILES string of the molecule is Cc1cccc(NC(=NC2CCCCN(CC(=O)O)C2=O)NC#N)c1. The van der Waals surface area contributed by atoms with Gasteiger partial charge in [0.05, 0.1) is 0 Å². The summed E-state index contributed by atoms with van der Waals surface area (Å²) < 4.78 is 0. The second-order valence-corrected chi connectivity index (χ2v) is 5.87. The van der Waals surface area contributed by atoms with E-state index in [1.54, 1.807) is 6.19 Å². The number of anilines is 1. The van der Waals surface area contributed by atoms with Gasteiger partial charge in [0.25, 0.3) is 0 Å². The zero-order chi connectivity index (χ0) is 18.2. The molecule has 1 fully saturated rings. The number of aliphatic carboxylic acids is 1. The number of amides is 1. The number of nitrogens with zero attached hydrogens (tertiary/aromatic N) is 3. The lowest BCUT2D eigenvalue weighted by molar-refractivity contribution is -0.144. The molecule has 1 saturated heterocycles. The normalized spacial score (nSPS) is 18.2. The lowest BCUT2D eigenvalue weighted by Gasteiger charge is -2.21. The number of carbonyl (C=O) groups is 2. The van der Waals surface area contributed by atoms with Crippen molar-refractivity contribution in [3.05, 3.63) is 29.8 Å². The molecule has 1 amide bonds. The summed E-state index contributed by atoms with van der Waals surface area (Å²) in [5, 5.41) is 23.3. The molecule has 8 nitrogen and oxygen atoms in total. The Balaban J connectivity index is 2.20. The molecule has 0 saturated carbocycles. The Morgan fingerprint density at radius 3 is 2.96 bits per heavy atom. The first-order valence-electron chi connectivity index (χ1n) is 8.07. The standard InChI is InChI=1S/C17H21N5O3/c1-12-5-4-6-13(9-12)20-17(19-11-18)21-14-7-2-3-8-22(16(14)25)10-15(23)24/h4-6,9,14H,2-3,7-8,10H2,1H3,(H,23,24)(H2,19,20,21). The Bertz CT molecular complexity index is 710. The van der Waals surface area contributed by atoms with Crippen LogP contribution in [0.1, 0.15) is 24.8 Å². The molecule has 0 bridgehead atoms. The highest BCUT2D eigenvalue weighted by Gasteiger charge is 2.28. The molecule has 0 aliphatic carbocycles. The smallest absolute Gasteiger partial charge is 0.323 e. The Labute approximate surface area is 146 Å². The van der Waals surface area contributed by atoms with Gasteiger partial charge in [-0.2, -0.15) is 5.26 Å². The summed E-state index contributed by atoms with van der Waals surface area (Å²) in [7, 11) is 0. The van der Waals surface area contributed by atoms with Crippen molar-refractivity contribution in [1.29, 1.82) is 5.26 Å². The minimum atomic E-state index is -1.05. The highest BCUT2D eigenvalue weighted by molar-refractivity contribution is 5.97. The number of carboxylic acid groups (broad SMARTS) is 1. The number of guanidine groups is 1. The predicted molar refractivity (Wildman–Crippen MR) is 92.8 cm³/mol. The zero-order valence-electron chi connectivity index (χ0n) is 14.0. The third-order valence-electron chi connectivity index (χ3n) is 3.82. The number of carboxylic acids is 1. The van der Waals surface area contributed by atoms with Crippen LogP contribution in [0, 0.1) is 18.4 Å². The van der Waals surface area contributed by atoms with Crippen LogP contribution in [0.15, 0.2) is 29.3 Å². The maximum atomic E-state index is 12.5. The van der Waals surface area contributed by atoms with Crippen LogP contribution in [-0.4, -0.2) is 47.0 Å². The van der Waals surface area contributed by atoms with Gasteiger partial charge in [0.2, 0.25) is 11.9 Å². The van der Waals surface area contributed by atoms with Gasteiger partial charge in [0.15, 0.2) is 6.19 Å². The van der Waals surface area contributed by atoms with Crippen molar-refractivity contribution in [2.45, 2.75) is 32.2 Å². The average Bonchev–Trinajstić information content (AvgIpc) is 2.70. The summed E-state index contributed by atoms with van der Waals surface area (Å²) in [6, 6.07) is 6.81. The molecule has 0 aromatic heterocycles. The second-order valence-electron chi connectivity index (χ2n) is 5.87. The lowest BCUT2D eigenvalue weighted by atomic mass is 10.1. The van der Waals surface area contributed by atoms with Crippen LogP contribution in [0.25, 0.3) is 0 Å². The lowest BCUT2D eigenvalue weighted by Crippen LogP contribution is -2.41. The first-order valence-corrected chi connectivity index (χ1v) is 8.07. The predicted octanol–water partition coefficient (Wildman–Crippen LogP) is 1.30. The van der Waals surface area contributed by atoms with Gasteiger partial charge in [0.1, 0.15) is 12.6 Å². The fraction of sp³-hybridized carbons (Fsp3) is 0.412. The molecule has 1 aliphatic rings. The van der Waals surface area contributed by atoms with E-state index in [2.05, 4.69) is 15.6 Å². The summed E-state index contributed by atoms with van der Waals surface area (Å²) in [5.74, 6) is -1.21. The molecule has 0 radical (unpaired) electrons. The van der Waals surface area contributed by atoms with Gasteiger partial charge < -0.3 is 15.3 Å². The third kappa shape index (κ3) is 5.49. The quantitative estimate of drug-likeness (QED) is 0.328. The zero-order valence-corrected chi connectivity index (χ0v) is 14.0. The van der Waals surface area contributed by atoms with Crippen LogP contribution >= 0.6 is 0 Å². The number of rotatable bonds is 4. The number of hydrogen-bond acceptors (Lipinski definition) is 4. The second kappa shape index (κ2) is 8.68. The molecule has 25 heavy (non-hydrogen) atoms. The maximum absolute atomic E-state index is 12.5. The molecule has 8 heteroatoms. The summed E-state index contributed by atoms with van der Waals surface area (Å²) >= 11 is 0. The molecule has 1 aromatic carbocycles. The number of likely N-dealkylation sites (tertiary alicyclic amines) is 1. The van der Waals surface area contributed by atoms with Crippen molar-refractivity contribution in [1.82, 2.24) is 10.2 Å². The molecule has 2 rings (SSSR count). The van der Waals surface area contributed by atoms with Crippen LogP contribution in [0.4, 0.5) is 5.69 Å². The van der Waals surface area contributed by atoms with E-state index in [0.29, 0.717) is 13.0 Å². The van der Waals surface area contributed by atoms with E-state index in [0.717, 1.165) is 24.1 Å². The molecular formula is C17H21N5O3. The van der Waals surface area contributed by atoms with E-state index in [1.807, 2.05) is 31.2 Å². The van der Waals surface area contributed by atoms with Crippen molar-refractivity contribution in [2.75, 3.05) is 18.4 Å². The number of nitriles is 1. The third-order valence-corrected chi connectivity index (χ3v) is 3.82. The van der Waals surface area contributed by atoms with Crippen LogP contribution in [0.5, 0.6) is 0 Å². The van der Waals surface area contributed by atoms with E-state index in [9.17, 15) is 9.59 Å². The number of nitrogens with one attached hydrogen (secondary N) is 2. The minimum Gasteiger partial charge on any atom is -0.480 e. The minimum absolute atomic E-state index is 0.170. The van der Waals surface area contributed by atoms with Crippen molar-refractivity contribution in [3.8, 4) is 6.19 Å². The number of aryl methyl sites for hydroxylation is 1. The van der Waals surface area contributed by atoms with Gasteiger partial charge in [-0.05, 0) is 43.9 Å². The Morgan fingerprint density at radius 2 is 2.28 bits per heavy atom. The number of aliphatic imine (C=N–C) groups is 1. The van der Waals surface area contributed by atoms with Crippen LogP contribution in [0.2, 0.25) is 0 Å². The fourth-order valence-electron chi connectivity index (χ4n) is 2.69. The molecule has 1 unspecified atom stereocenters. The van der Waals surface area contributed by atoms with E-state index in [4.69, 9.17) is 10.4 Å². The van der Waals surface area contributed by atoms with Gasteiger partial charge in [-0.3, -0.25) is 14.9 Å². The first kappa shape index (κ1) is 18.3. The largest absolute Gasteiger partial charge is 0.480 e. The summed E-state index contributed by atoms with van der Waals surface area (Å²) in [6.07, 6.45) is 3.82. The Kier molecular flexibility index (Phi) is 6.34. The molecular weight excluding hydrogens is 322 g/mol. The highest BCUT2D eigenvalue weighted by Crippen LogP contribution is 2.16. The van der Waals surface area contributed by atoms with Crippen molar-refractivity contribution in [3.63, 3.8) is 0 Å². The van der Waals surface area contributed by atoms with Gasteiger partial charge in [-0.15, -0.1) is 0 Å². The van der Waals surface area contributed by atoms with E-state index in [1.165, 1.54) is 4.90 Å². The molecule has 3 N–H and O–H groups in total. The number of hydrogen-bond donors (Lipinski definition) is 3. The molecule has 1 aromatic rings. The van der Waals surface area contributed by atoms with E-state index in [-0.39, 0.29) is 18.4 Å². The van der Waals surface area contributed by atoms with E-state index < -0.39 is 12.0 Å². The average molecular weight is 343 g/mol. The number of carbonyl (C=O) groups excluding carboxylic acids is 1. The summed E-state index contributed by atoms with van der Waals surface area (Å²) in [6.45, 7) is 2.01. The van der Waals surface area contributed by atoms with Crippen molar-refractivity contribution in [2.24, 2.45) is 4.99 Å². The highest BCUT2D eigenvalue weighted by atomic mass is 16.4. The molecule has 0 spiro atoms. The molecule has 132 valence electrons. The van der Waals surface area contributed by atoms with Crippen LogP contribution in [0.3, 0.4) is 0 Å². The maximum Gasteiger partial charge on any atom is 0.323 e.